The summed E-state index contributed by atoms with van der Waals surface area (Å²) in [5.41, 5.74) is 1.09. The van der Waals surface area contributed by atoms with Crippen LogP contribution in [0.25, 0.3) is 0 Å². The number of esters is 1. The molecule has 1 aromatic carbocycles. The Hall–Kier alpha value is -2.18. The van der Waals surface area contributed by atoms with Gasteiger partial charge in [0.25, 0.3) is 5.91 Å². The summed E-state index contributed by atoms with van der Waals surface area (Å²) in [5, 5.41) is 3.12. The highest BCUT2D eigenvalue weighted by atomic mass is 32.1. The molecule has 132 valence electrons. The van der Waals surface area contributed by atoms with E-state index in [0.717, 1.165) is 36.5 Å². The Morgan fingerprint density at radius 3 is 2.48 bits per heavy atom. The van der Waals surface area contributed by atoms with E-state index in [1.54, 1.807) is 12.1 Å². The summed E-state index contributed by atoms with van der Waals surface area (Å²) in [6, 6.07) is 13.2. The zero-order valence-electron chi connectivity index (χ0n) is 14.2. The van der Waals surface area contributed by atoms with E-state index in [2.05, 4.69) is 10.2 Å². The summed E-state index contributed by atoms with van der Waals surface area (Å²) in [6.07, 6.45) is 2.42. The molecule has 6 heteroatoms. The van der Waals surface area contributed by atoms with Crippen molar-refractivity contribution in [2.24, 2.45) is 0 Å². The SMILES string of the molecule is COC(=O)c1ccc(C(=O)NC(CN2CCCC2)c2ccccc2)s1. The van der Waals surface area contributed by atoms with E-state index in [0.29, 0.717) is 9.75 Å². The van der Waals surface area contributed by atoms with Crippen LogP contribution in [0.3, 0.4) is 0 Å². The molecule has 0 saturated carbocycles. The van der Waals surface area contributed by atoms with Gasteiger partial charge in [0, 0.05) is 6.54 Å². The zero-order valence-corrected chi connectivity index (χ0v) is 15.1. The highest BCUT2D eigenvalue weighted by Crippen LogP contribution is 2.21. The summed E-state index contributed by atoms with van der Waals surface area (Å²) in [4.78, 5) is 27.6. The maximum Gasteiger partial charge on any atom is 0.348 e. The fourth-order valence-corrected chi connectivity index (χ4v) is 3.87. The summed E-state index contributed by atoms with van der Waals surface area (Å²) in [5.74, 6) is -0.575. The van der Waals surface area contributed by atoms with Crippen LogP contribution in [0.4, 0.5) is 0 Å². The van der Waals surface area contributed by atoms with Crippen LogP contribution in [0.2, 0.25) is 0 Å². The second-order valence-electron chi connectivity index (χ2n) is 6.10. The molecule has 25 heavy (non-hydrogen) atoms. The molecule has 1 saturated heterocycles. The quantitative estimate of drug-likeness (QED) is 0.806. The number of amides is 1. The molecule has 1 aliphatic heterocycles. The van der Waals surface area contributed by atoms with Gasteiger partial charge >= 0.3 is 5.97 Å². The number of nitrogens with zero attached hydrogens (tertiary/aromatic N) is 1. The fraction of sp³-hybridized carbons (Fsp3) is 0.368. The molecule has 3 rings (SSSR count). The predicted molar refractivity (Wildman–Crippen MR) is 98.0 cm³/mol. The summed E-state index contributed by atoms with van der Waals surface area (Å²) >= 11 is 1.15. The Morgan fingerprint density at radius 1 is 1.12 bits per heavy atom. The number of nitrogens with one attached hydrogen (secondary N) is 1. The molecule has 1 unspecified atom stereocenters. The lowest BCUT2D eigenvalue weighted by atomic mass is 10.1. The van der Waals surface area contributed by atoms with Crippen molar-refractivity contribution in [2.45, 2.75) is 18.9 Å². The van der Waals surface area contributed by atoms with Crippen LogP contribution in [-0.4, -0.2) is 43.5 Å². The molecule has 1 fully saturated rings. The smallest absolute Gasteiger partial charge is 0.348 e. The standard InChI is InChI=1S/C19H22N2O3S/c1-24-19(23)17-10-9-16(25-17)18(22)20-15(13-21-11-5-6-12-21)14-7-3-2-4-8-14/h2-4,7-10,15H,5-6,11-13H2,1H3,(H,20,22). The van der Waals surface area contributed by atoms with Gasteiger partial charge in [-0.3, -0.25) is 4.79 Å². The summed E-state index contributed by atoms with van der Waals surface area (Å²) < 4.78 is 4.70. The topological polar surface area (TPSA) is 58.6 Å². The highest BCUT2D eigenvalue weighted by Gasteiger charge is 2.22. The lowest BCUT2D eigenvalue weighted by Gasteiger charge is -2.24. The molecule has 1 N–H and O–H groups in total. The molecular weight excluding hydrogens is 336 g/mol. The van der Waals surface area contributed by atoms with Crippen LogP contribution < -0.4 is 5.32 Å². The largest absolute Gasteiger partial charge is 0.465 e. The normalized spacial score (nSPS) is 15.7. The molecular formula is C19H22N2O3S. The van der Waals surface area contributed by atoms with E-state index in [-0.39, 0.29) is 11.9 Å². The van der Waals surface area contributed by atoms with Gasteiger partial charge in [-0.15, -0.1) is 11.3 Å². The van der Waals surface area contributed by atoms with Gasteiger partial charge in [-0.25, -0.2) is 4.79 Å². The van der Waals surface area contributed by atoms with Crippen molar-refractivity contribution in [3.8, 4) is 0 Å². The van der Waals surface area contributed by atoms with Crippen molar-refractivity contribution in [1.82, 2.24) is 10.2 Å². The molecule has 5 nitrogen and oxygen atoms in total. The number of carbonyl (C=O) groups is 2. The number of carbonyl (C=O) groups excluding carboxylic acids is 2. The minimum Gasteiger partial charge on any atom is -0.465 e. The Kier molecular flexibility index (Phi) is 5.83. The van der Waals surface area contributed by atoms with E-state index >= 15 is 0 Å². The van der Waals surface area contributed by atoms with E-state index in [1.807, 2.05) is 30.3 Å². The van der Waals surface area contributed by atoms with Crippen molar-refractivity contribution in [2.75, 3.05) is 26.7 Å². The molecule has 1 atom stereocenters. The molecule has 2 aromatic rings. The molecule has 1 aliphatic rings. The first-order valence-corrected chi connectivity index (χ1v) is 9.25. The van der Waals surface area contributed by atoms with E-state index in [9.17, 15) is 9.59 Å². The first-order chi connectivity index (χ1) is 12.2. The molecule has 0 aliphatic carbocycles. The van der Waals surface area contributed by atoms with Crippen molar-refractivity contribution in [1.29, 1.82) is 0 Å². The number of benzene rings is 1. The van der Waals surface area contributed by atoms with Gasteiger partial charge in [-0.2, -0.15) is 0 Å². The van der Waals surface area contributed by atoms with E-state index in [4.69, 9.17) is 4.74 Å². The third kappa shape index (κ3) is 4.46. The van der Waals surface area contributed by atoms with Crippen molar-refractivity contribution >= 4 is 23.2 Å². The van der Waals surface area contributed by atoms with Gasteiger partial charge in [0.2, 0.25) is 0 Å². The van der Waals surface area contributed by atoms with E-state index in [1.165, 1.54) is 20.0 Å². The first kappa shape index (κ1) is 17.6. The lowest BCUT2D eigenvalue weighted by molar-refractivity contribution is 0.0606. The molecule has 2 heterocycles. The van der Waals surface area contributed by atoms with E-state index < -0.39 is 5.97 Å². The molecule has 1 amide bonds. The molecule has 0 bridgehead atoms. The fourth-order valence-electron chi connectivity index (χ4n) is 3.04. The maximum atomic E-state index is 12.7. The van der Waals surface area contributed by atoms with Crippen LogP contribution in [0.5, 0.6) is 0 Å². The average Bonchev–Trinajstić information content (AvgIpc) is 3.33. The van der Waals surface area contributed by atoms with Gasteiger partial charge in [-0.1, -0.05) is 30.3 Å². The zero-order chi connectivity index (χ0) is 17.6. The average molecular weight is 358 g/mol. The molecule has 0 spiro atoms. The summed E-state index contributed by atoms with van der Waals surface area (Å²) in [7, 11) is 1.34. The van der Waals surface area contributed by atoms with Gasteiger partial charge in [0.1, 0.15) is 4.88 Å². The number of thiophene rings is 1. The maximum absolute atomic E-state index is 12.7. The highest BCUT2D eigenvalue weighted by molar-refractivity contribution is 7.15. The molecule has 0 radical (unpaired) electrons. The Labute approximate surface area is 151 Å². The summed E-state index contributed by atoms with van der Waals surface area (Å²) in [6.45, 7) is 2.94. The monoisotopic (exact) mass is 358 g/mol. The predicted octanol–water partition coefficient (Wildman–Crippen LogP) is 3.10. The third-order valence-electron chi connectivity index (χ3n) is 4.36. The number of rotatable bonds is 6. The number of likely N-dealkylation sites (tertiary alicyclic amines) is 1. The van der Waals surface area contributed by atoms with Gasteiger partial charge < -0.3 is 15.0 Å². The lowest BCUT2D eigenvalue weighted by Crippen LogP contribution is -2.36. The van der Waals surface area contributed by atoms with Crippen molar-refractivity contribution in [3.63, 3.8) is 0 Å². The van der Waals surface area contributed by atoms with Crippen molar-refractivity contribution in [3.05, 3.63) is 57.8 Å². The minimum atomic E-state index is -0.416. The second kappa shape index (κ2) is 8.27. The number of hydrogen-bond donors (Lipinski definition) is 1. The van der Waals surface area contributed by atoms with Crippen LogP contribution in [0.1, 0.15) is 43.8 Å². The Bertz CT molecular complexity index is 723. The number of ether oxygens (including phenoxy) is 1. The van der Waals surface area contributed by atoms with Crippen LogP contribution >= 0.6 is 11.3 Å². The third-order valence-corrected chi connectivity index (χ3v) is 5.43. The van der Waals surface area contributed by atoms with Gasteiger partial charge in [0.15, 0.2) is 0 Å². The minimum absolute atomic E-state index is 0.0736. The van der Waals surface area contributed by atoms with Gasteiger partial charge in [-0.05, 0) is 43.6 Å². The van der Waals surface area contributed by atoms with Crippen molar-refractivity contribution < 1.29 is 14.3 Å². The Morgan fingerprint density at radius 2 is 1.80 bits per heavy atom. The first-order valence-electron chi connectivity index (χ1n) is 8.43. The van der Waals surface area contributed by atoms with Crippen LogP contribution in [0, 0.1) is 0 Å². The number of hydrogen-bond acceptors (Lipinski definition) is 5. The van der Waals surface area contributed by atoms with Crippen LogP contribution in [0.15, 0.2) is 42.5 Å². The Balaban J connectivity index is 1.73. The number of methoxy groups -OCH3 is 1. The van der Waals surface area contributed by atoms with Crippen LogP contribution in [-0.2, 0) is 4.74 Å². The molecule has 1 aromatic heterocycles. The second-order valence-corrected chi connectivity index (χ2v) is 7.18. The van der Waals surface area contributed by atoms with Gasteiger partial charge in [0.05, 0.1) is 18.0 Å².